The maximum atomic E-state index is 6.18. The van der Waals surface area contributed by atoms with Crippen molar-refractivity contribution in [2.75, 3.05) is 0 Å². The van der Waals surface area contributed by atoms with Gasteiger partial charge in [0, 0.05) is 18.0 Å². The highest BCUT2D eigenvalue weighted by molar-refractivity contribution is 5.12. The molecule has 0 bridgehead atoms. The summed E-state index contributed by atoms with van der Waals surface area (Å²) in [5, 5.41) is 12.7. The number of rotatable bonds is 5. The molecule has 0 amide bonds. The minimum atomic E-state index is -0.132. The van der Waals surface area contributed by atoms with E-state index in [0.717, 1.165) is 18.8 Å². The number of hydrogen-bond donors (Lipinski definition) is 1. The van der Waals surface area contributed by atoms with E-state index >= 15 is 0 Å². The molecular weight excluding hydrogens is 276 g/mol. The molecule has 0 radical (unpaired) electrons. The molecule has 5 heteroatoms. The molecule has 5 nitrogen and oxygen atoms in total. The lowest BCUT2D eigenvalue weighted by atomic mass is 9.94. The summed E-state index contributed by atoms with van der Waals surface area (Å²) in [5.41, 5.74) is -0.183. The van der Waals surface area contributed by atoms with Gasteiger partial charge in [0.1, 0.15) is 11.6 Å². The Morgan fingerprint density at radius 1 is 1.14 bits per heavy atom. The molecule has 122 valence electrons. The molecule has 1 atom stereocenters. The standard InChI is InChI=1S/C17H28N4O/c1-16(2)9-13(17(3,4)22-16)18-10-14-19-20-15(11-5-6-11)21(14)12-7-8-12/h11-13,18H,5-10H2,1-4H3. The highest BCUT2D eigenvalue weighted by atomic mass is 16.5. The van der Waals surface area contributed by atoms with Gasteiger partial charge in [-0.25, -0.2) is 0 Å². The zero-order chi connectivity index (χ0) is 15.5. The van der Waals surface area contributed by atoms with Crippen molar-refractivity contribution in [1.82, 2.24) is 20.1 Å². The molecule has 1 aliphatic heterocycles. The largest absolute Gasteiger partial charge is 0.368 e. The Labute approximate surface area is 132 Å². The average molecular weight is 304 g/mol. The smallest absolute Gasteiger partial charge is 0.147 e. The van der Waals surface area contributed by atoms with Gasteiger partial charge in [0.25, 0.3) is 0 Å². The summed E-state index contributed by atoms with van der Waals surface area (Å²) in [5.74, 6) is 3.03. The highest BCUT2D eigenvalue weighted by Gasteiger charge is 2.45. The van der Waals surface area contributed by atoms with E-state index in [2.05, 4.69) is 47.8 Å². The van der Waals surface area contributed by atoms with Gasteiger partial charge in [-0.15, -0.1) is 10.2 Å². The number of nitrogens with zero attached hydrogens (tertiary/aromatic N) is 3. The van der Waals surface area contributed by atoms with Crippen LogP contribution in [0.15, 0.2) is 0 Å². The zero-order valence-electron chi connectivity index (χ0n) is 14.2. The van der Waals surface area contributed by atoms with Gasteiger partial charge in [0.2, 0.25) is 0 Å². The van der Waals surface area contributed by atoms with Crippen LogP contribution in [0.5, 0.6) is 0 Å². The molecule has 1 N–H and O–H groups in total. The molecule has 3 fully saturated rings. The molecular formula is C17H28N4O. The SMILES string of the molecule is CC1(C)CC(NCc2nnc(C3CC3)n2C2CC2)C(C)(C)O1. The number of hydrogen-bond acceptors (Lipinski definition) is 4. The van der Waals surface area contributed by atoms with E-state index in [-0.39, 0.29) is 11.2 Å². The lowest BCUT2D eigenvalue weighted by Gasteiger charge is -2.27. The molecule has 2 heterocycles. The number of aromatic nitrogens is 3. The molecule has 1 aromatic rings. The van der Waals surface area contributed by atoms with Gasteiger partial charge in [0.15, 0.2) is 0 Å². The lowest BCUT2D eigenvalue weighted by Crippen LogP contribution is -2.43. The van der Waals surface area contributed by atoms with Crippen molar-refractivity contribution in [1.29, 1.82) is 0 Å². The van der Waals surface area contributed by atoms with Crippen LogP contribution in [0.1, 0.15) is 83.4 Å². The fraction of sp³-hybridized carbons (Fsp3) is 0.882. The van der Waals surface area contributed by atoms with E-state index in [1.54, 1.807) is 0 Å². The van der Waals surface area contributed by atoms with Gasteiger partial charge in [-0.2, -0.15) is 0 Å². The molecule has 0 spiro atoms. The first-order valence-electron chi connectivity index (χ1n) is 8.73. The summed E-state index contributed by atoms with van der Waals surface area (Å²) in [6, 6.07) is 1.02. The van der Waals surface area contributed by atoms with Gasteiger partial charge in [-0.1, -0.05) is 0 Å². The van der Waals surface area contributed by atoms with Crippen molar-refractivity contribution in [3.8, 4) is 0 Å². The molecule has 1 saturated heterocycles. The third-order valence-electron chi connectivity index (χ3n) is 5.23. The molecule has 1 unspecified atom stereocenters. The van der Waals surface area contributed by atoms with Crippen molar-refractivity contribution in [3.63, 3.8) is 0 Å². The van der Waals surface area contributed by atoms with E-state index in [1.165, 1.54) is 31.5 Å². The van der Waals surface area contributed by atoms with Crippen LogP contribution in [0.2, 0.25) is 0 Å². The van der Waals surface area contributed by atoms with Gasteiger partial charge >= 0.3 is 0 Å². The third kappa shape index (κ3) is 2.69. The normalized spacial score (nSPS) is 29.9. The topological polar surface area (TPSA) is 52.0 Å². The van der Waals surface area contributed by atoms with Crippen molar-refractivity contribution in [3.05, 3.63) is 11.6 Å². The second-order valence-electron chi connectivity index (χ2n) is 8.45. The molecule has 4 rings (SSSR count). The molecule has 22 heavy (non-hydrogen) atoms. The first-order chi connectivity index (χ1) is 10.4. The second kappa shape index (κ2) is 4.78. The molecule has 2 aliphatic carbocycles. The molecule has 0 aromatic carbocycles. The van der Waals surface area contributed by atoms with E-state index in [9.17, 15) is 0 Å². The first-order valence-corrected chi connectivity index (χ1v) is 8.73. The van der Waals surface area contributed by atoms with Crippen LogP contribution >= 0.6 is 0 Å². The van der Waals surface area contributed by atoms with Crippen molar-refractivity contribution in [2.45, 2.75) is 95.5 Å². The lowest BCUT2D eigenvalue weighted by molar-refractivity contribution is -0.0699. The summed E-state index contributed by atoms with van der Waals surface area (Å²) < 4.78 is 8.60. The van der Waals surface area contributed by atoms with E-state index in [1.807, 2.05) is 0 Å². The summed E-state index contributed by atoms with van der Waals surface area (Å²) in [4.78, 5) is 0. The minimum Gasteiger partial charge on any atom is -0.368 e. The van der Waals surface area contributed by atoms with Gasteiger partial charge in [-0.3, -0.25) is 0 Å². The molecule has 2 saturated carbocycles. The number of nitrogens with one attached hydrogen (secondary N) is 1. The molecule has 3 aliphatic rings. The maximum Gasteiger partial charge on any atom is 0.147 e. The predicted molar refractivity (Wildman–Crippen MR) is 84.8 cm³/mol. The van der Waals surface area contributed by atoms with Crippen LogP contribution in [0, 0.1) is 0 Å². The Morgan fingerprint density at radius 2 is 1.86 bits per heavy atom. The first kappa shape index (κ1) is 14.6. The van der Waals surface area contributed by atoms with Crippen LogP contribution in [0.25, 0.3) is 0 Å². The highest BCUT2D eigenvalue weighted by Crippen LogP contribution is 2.45. The van der Waals surface area contributed by atoms with E-state index in [0.29, 0.717) is 18.0 Å². The quantitative estimate of drug-likeness (QED) is 0.909. The van der Waals surface area contributed by atoms with Crippen LogP contribution < -0.4 is 5.32 Å². The van der Waals surface area contributed by atoms with Crippen molar-refractivity contribution < 1.29 is 4.74 Å². The monoisotopic (exact) mass is 304 g/mol. The van der Waals surface area contributed by atoms with Gasteiger partial charge in [-0.05, 0) is 59.8 Å². The van der Waals surface area contributed by atoms with Crippen LogP contribution in [0.3, 0.4) is 0 Å². The minimum absolute atomic E-state index is 0.0511. The maximum absolute atomic E-state index is 6.18. The zero-order valence-corrected chi connectivity index (χ0v) is 14.2. The average Bonchev–Trinajstić information content (AvgIpc) is 3.31. The summed E-state index contributed by atoms with van der Waals surface area (Å²) in [6.45, 7) is 9.51. The van der Waals surface area contributed by atoms with Crippen molar-refractivity contribution in [2.24, 2.45) is 0 Å². The van der Waals surface area contributed by atoms with Gasteiger partial charge < -0.3 is 14.6 Å². The Morgan fingerprint density at radius 3 is 2.41 bits per heavy atom. The predicted octanol–water partition coefficient (Wildman–Crippen LogP) is 2.93. The Balaban J connectivity index is 1.48. The number of ether oxygens (including phenoxy) is 1. The Kier molecular flexibility index (Phi) is 3.18. The second-order valence-corrected chi connectivity index (χ2v) is 8.45. The molecule has 1 aromatic heterocycles. The van der Waals surface area contributed by atoms with Crippen LogP contribution in [0.4, 0.5) is 0 Å². The summed E-state index contributed by atoms with van der Waals surface area (Å²) in [6.07, 6.45) is 6.19. The van der Waals surface area contributed by atoms with Gasteiger partial charge in [0.05, 0.1) is 17.7 Å². The summed E-state index contributed by atoms with van der Waals surface area (Å²) >= 11 is 0. The van der Waals surface area contributed by atoms with E-state index in [4.69, 9.17) is 4.74 Å². The van der Waals surface area contributed by atoms with Crippen LogP contribution in [-0.4, -0.2) is 32.0 Å². The Hall–Kier alpha value is -0.940. The fourth-order valence-corrected chi connectivity index (χ4v) is 3.90. The fourth-order valence-electron chi connectivity index (χ4n) is 3.90. The Bertz CT molecular complexity index is 569. The third-order valence-corrected chi connectivity index (χ3v) is 5.23. The van der Waals surface area contributed by atoms with Crippen molar-refractivity contribution >= 4 is 0 Å². The summed E-state index contributed by atoms with van der Waals surface area (Å²) in [7, 11) is 0. The van der Waals surface area contributed by atoms with E-state index < -0.39 is 0 Å². The van der Waals surface area contributed by atoms with Crippen LogP contribution in [-0.2, 0) is 11.3 Å².